The number of aryl methyl sites for hydroxylation is 1. The van der Waals surface area contributed by atoms with Crippen LogP contribution in [0.3, 0.4) is 0 Å². The zero-order valence-electron chi connectivity index (χ0n) is 14.1. The van der Waals surface area contributed by atoms with Crippen LogP contribution in [0.1, 0.15) is 35.5 Å². The molecule has 0 unspecified atom stereocenters. The van der Waals surface area contributed by atoms with Gasteiger partial charge >= 0.3 is 6.18 Å². The summed E-state index contributed by atoms with van der Waals surface area (Å²) < 4.78 is 66.5. The van der Waals surface area contributed by atoms with Gasteiger partial charge in [0.25, 0.3) is 5.78 Å². The number of halogens is 5. The van der Waals surface area contributed by atoms with Crippen LogP contribution < -0.4 is 5.32 Å². The van der Waals surface area contributed by atoms with Crippen LogP contribution in [0.4, 0.5) is 27.8 Å². The highest BCUT2D eigenvalue weighted by atomic mass is 19.4. The van der Waals surface area contributed by atoms with Gasteiger partial charge in [0.2, 0.25) is 0 Å². The number of hydrogen-bond acceptors (Lipinski definition) is 4. The Balaban J connectivity index is 1.72. The first kappa shape index (κ1) is 17.6. The first-order valence-corrected chi connectivity index (χ1v) is 8.16. The van der Waals surface area contributed by atoms with Crippen molar-refractivity contribution in [3.8, 4) is 0 Å². The van der Waals surface area contributed by atoms with Crippen molar-refractivity contribution in [3.63, 3.8) is 0 Å². The van der Waals surface area contributed by atoms with Gasteiger partial charge < -0.3 is 5.32 Å². The van der Waals surface area contributed by atoms with E-state index in [4.69, 9.17) is 0 Å². The second kappa shape index (κ2) is 5.86. The predicted molar refractivity (Wildman–Crippen MR) is 86.3 cm³/mol. The topological polar surface area (TPSA) is 55.1 Å². The second-order valence-electron chi connectivity index (χ2n) is 6.56. The van der Waals surface area contributed by atoms with E-state index in [0.29, 0.717) is 29.9 Å². The quantitative estimate of drug-likeness (QED) is 0.688. The molecule has 10 heteroatoms. The third-order valence-corrected chi connectivity index (χ3v) is 4.55. The van der Waals surface area contributed by atoms with Crippen molar-refractivity contribution >= 4 is 11.6 Å². The maximum Gasteiger partial charge on any atom is 0.419 e. The normalized spacial score (nSPS) is 15.9. The largest absolute Gasteiger partial charge is 0.419 e. The lowest BCUT2D eigenvalue weighted by molar-refractivity contribution is -0.140. The van der Waals surface area contributed by atoms with E-state index in [9.17, 15) is 22.0 Å². The summed E-state index contributed by atoms with van der Waals surface area (Å²) in [6.45, 7) is 0.878. The minimum absolute atomic E-state index is 0.0263. The zero-order chi connectivity index (χ0) is 19.4. The number of hydrogen-bond donors (Lipinski definition) is 1. The summed E-state index contributed by atoms with van der Waals surface area (Å²) in [6.07, 6.45) is -3.54. The Morgan fingerprint density at radius 2 is 1.93 bits per heavy atom. The van der Waals surface area contributed by atoms with Crippen molar-refractivity contribution < 1.29 is 22.0 Å². The van der Waals surface area contributed by atoms with Gasteiger partial charge in [0.1, 0.15) is 11.6 Å². The Labute approximate surface area is 150 Å². The van der Waals surface area contributed by atoms with E-state index in [0.717, 1.165) is 12.1 Å². The van der Waals surface area contributed by atoms with E-state index in [1.54, 1.807) is 13.0 Å². The number of alkyl halides is 4. The number of benzene rings is 1. The van der Waals surface area contributed by atoms with Gasteiger partial charge in [-0.1, -0.05) is 6.07 Å². The molecule has 1 N–H and O–H groups in total. The number of fused-ring (bicyclic) bond motifs is 1. The lowest BCUT2D eigenvalue weighted by atomic mass is 10.0. The summed E-state index contributed by atoms with van der Waals surface area (Å²) >= 11 is 0. The lowest BCUT2D eigenvalue weighted by Gasteiger charge is -2.21. The summed E-state index contributed by atoms with van der Waals surface area (Å²) in [7, 11) is 0. The zero-order valence-corrected chi connectivity index (χ0v) is 14.1. The van der Waals surface area contributed by atoms with Crippen molar-refractivity contribution in [1.29, 1.82) is 0 Å². The number of rotatable bonds is 4. The molecular weight excluding hydrogens is 369 g/mol. The number of aromatic nitrogens is 4. The standard InChI is InChI=1S/C17H14F5N5/c1-9-6-14(27-15(23-9)24-13(8-18)26-27)25-16(4-5-16)10-2-3-11(12(19)7-10)17(20,21)22/h2-3,6-7,25H,4-5,8H2,1H3. The highest BCUT2D eigenvalue weighted by Crippen LogP contribution is 2.49. The van der Waals surface area contributed by atoms with Gasteiger partial charge in [-0.2, -0.15) is 22.7 Å². The SMILES string of the molecule is Cc1cc(NC2(c3ccc(C(F)(F)F)c(F)c3)CC2)n2nc(CF)nc2n1. The second-order valence-corrected chi connectivity index (χ2v) is 6.56. The van der Waals surface area contributed by atoms with Crippen LogP contribution >= 0.6 is 0 Å². The maximum atomic E-state index is 14.0. The molecule has 0 spiro atoms. The van der Waals surface area contributed by atoms with Crippen molar-refractivity contribution in [3.05, 3.63) is 52.7 Å². The average Bonchev–Trinajstić information content (AvgIpc) is 3.24. The number of anilines is 1. The predicted octanol–water partition coefficient (Wildman–Crippen LogP) is 4.16. The van der Waals surface area contributed by atoms with Crippen molar-refractivity contribution in [2.45, 2.75) is 38.2 Å². The van der Waals surface area contributed by atoms with E-state index in [-0.39, 0.29) is 11.6 Å². The molecule has 0 saturated heterocycles. The Morgan fingerprint density at radius 3 is 2.52 bits per heavy atom. The van der Waals surface area contributed by atoms with Crippen LogP contribution in [-0.2, 0) is 18.4 Å². The van der Waals surface area contributed by atoms with E-state index < -0.39 is 29.8 Å². The van der Waals surface area contributed by atoms with Gasteiger partial charge in [0.15, 0.2) is 12.5 Å². The summed E-state index contributed by atoms with van der Waals surface area (Å²) in [5.74, 6) is -0.673. The summed E-state index contributed by atoms with van der Waals surface area (Å²) in [6, 6.07) is 4.59. The Morgan fingerprint density at radius 1 is 1.19 bits per heavy atom. The summed E-state index contributed by atoms with van der Waals surface area (Å²) in [4.78, 5) is 8.15. The Hall–Kier alpha value is -2.78. The molecule has 1 aromatic carbocycles. The molecule has 0 aliphatic heterocycles. The van der Waals surface area contributed by atoms with Gasteiger partial charge in [0.05, 0.1) is 11.1 Å². The van der Waals surface area contributed by atoms with Crippen molar-refractivity contribution in [1.82, 2.24) is 19.6 Å². The fourth-order valence-corrected chi connectivity index (χ4v) is 3.07. The molecule has 1 fully saturated rings. The molecule has 2 aromatic heterocycles. The molecule has 4 rings (SSSR count). The first-order valence-electron chi connectivity index (χ1n) is 8.16. The number of nitrogens with one attached hydrogen (secondary N) is 1. The van der Waals surface area contributed by atoms with E-state index in [1.807, 2.05) is 0 Å². The monoisotopic (exact) mass is 383 g/mol. The minimum atomic E-state index is -4.75. The average molecular weight is 383 g/mol. The van der Waals surface area contributed by atoms with Crippen LogP contribution in [-0.4, -0.2) is 19.6 Å². The molecule has 1 aliphatic carbocycles. The smallest absolute Gasteiger partial charge is 0.360 e. The molecule has 1 saturated carbocycles. The molecular formula is C17H14F5N5. The molecule has 1 aliphatic rings. The highest BCUT2D eigenvalue weighted by Gasteiger charge is 2.46. The van der Waals surface area contributed by atoms with E-state index >= 15 is 0 Å². The van der Waals surface area contributed by atoms with Crippen LogP contribution in [0, 0.1) is 12.7 Å². The minimum Gasteiger partial charge on any atom is -0.360 e. The summed E-state index contributed by atoms with van der Waals surface area (Å²) in [5, 5.41) is 7.23. The highest BCUT2D eigenvalue weighted by molar-refractivity contribution is 5.51. The van der Waals surface area contributed by atoms with Crippen LogP contribution in [0.25, 0.3) is 5.78 Å². The third-order valence-electron chi connectivity index (χ3n) is 4.55. The van der Waals surface area contributed by atoms with Gasteiger partial charge in [-0.3, -0.25) is 0 Å². The molecule has 0 atom stereocenters. The fourth-order valence-electron chi connectivity index (χ4n) is 3.07. The van der Waals surface area contributed by atoms with E-state index in [1.165, 1.54) is 10.6 Å². The van der Waals surface area contributed by atoms with Crippen LogP contribution in [0.2, 0.25) is 0 Å². The Kier molecular flexibility index (Phi) is 3.83. The van der Waals surface area contributed by atoms with Gasteiger partial charge in [-0.05, 0) is 37.5 Å². The van der Waals surface area contributed by atoms with Crippen LogP contribution in [0.5, 0.6) is 0 Å². The molecule has 0 radical (unpaired) electrons. The Bertz CT molecular complexity index is 1020. The van der Waals surface area contributed by atoms with Gasteiger partial charge in [-0.15, -0.1) is 5.10 Å². The molecule has 3 aromatic rings. The molecule has 5 nitrogen and oxygen atoms in total. The van der Waals surface area contributed by atoms with Gasteiger partial charge in [-0.25, -0.2) is 13.8 Å². The third kappa shape index (κ3) is 3.08. The van der Waals surface area contributed by atoms with Crippen molar-refractivity contribution in [2.75, 3.05) is 5.32 Å². The maximum absolute atomic E-state index is 14.0. The molecule has 0 bridgehead atoms. The van der Waals surface area contributed by atoms with E-state index in [2.05, 4.69) is 20.4 Å². The molecule has 27 heavy (non-hydrogen) atoms. The number of nitrogens with zero attached hydrogens (tertiary/aromatic N) is 4. The summed E-state index contributed by atoms with van der Waals surface area (Å²) in [5.41, 5.74) is -1.00. The van der Waals surface area contributed by atoms with Crippen molar-refractivity contribution in [2.24, 2.45) is 0 Å². The fraction of sp³-hybridized carbons (Fsp3) is 0.353. The molecule has 2 heterocycles. The first-order chi connectivity index (χ1) is 12.7. The van der Waals surface area contributed by atoms with Gasteiger partial charge in [0, 0.05) is 11.8 Å². The van der Waals surface area contributed by atoms with Crippen LogP contribution in [0.15, 0.2) is 24.3 Å². The molecule has 142 valence electrons. The molecule has 0 amide bonds. The lowest BCUT2D eigenvalue weighted by Crippen LogP contribution is -2.22.